The maximum atomic E-state index is 2.36. The van der Waals surface area contributed by atoms with Gasteiger partial charge in [0.2, 0.25) is 0 Å². The number of aryl methyl sites for hydroxylation is 8. The van der Waals surface area contributed by atoms with Crippen LogP contribution in [-0.2, 0) is 14.1 Å². The standard InChI is InChI=1S/3C19H15N.2C13H11N.C13H10S.2C7H8/c1-14-8-7-12-17-16-11-5-6-13-18(16)20(19(14)17)15-9-3-2-4-10-15;1-14-11-12-19-17(13-14)16-9-5-6-10-18(16)20(19)15-7-3-2-4-8-15;1-14-11-12-17-16-9-5-6-10-18(16)20(19(17)13-14)15-7-3-2-4-8-15;2*1-14-12-8-4-2-6-10(12)11-7-3-5-9-13(11)14;1-9-5-4-8-12-13(9)10-6-2-3-7-11(10)14-12;2*1-7-5-3-2-4-6-7/h3*2-13H,1H3;2*2-9H,1H3;2-8H,1H3;2*2-6H,1H3. The van der Waals surface area contributed by atoms with Crippen LogP contribution in [0.1, 0.15) is 33.4 Å². The second-order valence-corrected chi connectivity index (χ2v) is 30.7. The van der Waals surface area contributed by atoms with E-state index in [0.29, 0.717) is 0 Å². The van der Waals surface area contributed by atoms with E-state index in [2.05, 4.69) is 461 Å². The summed E-state index contributed by atoms with van der Waals surface area (Å²) in [5.74, 6) is 0. The van der Waals surface area contributed by atoms with Crippen molar-refractivity contribution < 1.29 is 0 Å². The summed E-state index contributed by atoms with van der Waals surface area (Å²) < 4.78 is 14.3. The Morgan fingerprint density at radius 1 is 0.181 bits per heavy atom. The predicted octanol–water partition coefficient (Wildman–Crippen LogP) is 30.3. The zero-order valence-electron chi connectivity index (χ0n) is 67.0. The first-order chi connectivity index (χ1) is 56.9. The maximum Gasteiger partial charge on any atom is 0.0570 e. The molecule has 564 valence electrons. The molecule has 0 aliphatic rings. The van der Waals surface area contributed by atoms with E-state index in [0.717, 1.165) is 0 Å². The Morgan fingerprint density at radius 3 is 0.922 bits per heavy atom. The maximum absolute atomic E-state index is 2.36. The number of para-hydroxylation sites is 11. The fourth-order valence-electron chi connectivity index (χ4n) is 16.2. The first kappa shape index (κ1) is 76.0. The van der Waals surface area contributed by atoms with Crippen LogP contribution in [-0.4, -0.2) is 22.8 Å². The number of hydrogen-bond donors (Lipinski definition) is 0. The van der Waals surface area contributed by atoms with Crippen molar-refractivity contribution in [1.29, 1.82) is 0 Å². The molecule has 0 N–H and O–H groups in total. The van der Waals surface area contributed by atoms with Gasteiger partial charge < -0.3 is 22.8 Å². The molecule has 0 aliphatic heterocycles. The van der Waals surface area contributed by atoms with E-state index in [-0.39, 0.29) is 0 Å². The third kappa shape index (κ3) is 15.9. The van der Waals surface area contributed by atoms with Crippen molar-refractivity contribution >= 4 is 141 Å². The van der Waals surface area contributed by atoms with E-state index < -0.39 is 0 Å². The quantitative estimate of drug-likeness (QED) is 0.168. The lowest BCUT2D eigenvalue weighted by molar-refractivity contribution is 1.01. The van der Waals surface area contributed by atoms with E-state index in [4.69, 9.17) is 0 Å². The lowest BCUT2D eigenvalue weighted by Gasteiger charge is -2.08. The number of fused-ring (bicyclic) bond motifs is 18. The van der Waals surface area contributed by atoms with E-state index in [1.165, 1.54) is 180 Å². The Kier molecular flexibility index (Phi) is 22.9. The average molecular weight is 1520 g/mol. The molecule has 0 atom stereocenters. The number of benzene rings is 17. The van der Waals surface area contributed by atoms with Crippen LogP contribution in [0.25, 0.3) is 146 Å². The van der Waals surface area contributed by atoms with Crippen molar-refractivity contribution in [1.82, 2.24) is 22.8 Å². The molecule has 0 amide bonds. The van der Waals surface area contributed by atoms with Gasteiger partial charge in [-0.3, -0.25) is 0 Å². The Hall–Kier alpha value is -14.0. The minimum atomic E-state index is 1.21. The van der Waals surface area contributed by atoms with Crippen molar-refractivity contribution in [2.75, 3.05) is 0 Å². The summed E-state index contributed by atoms with van der Waals surface area (Å²) in [6.45, 7) is 12.8. The lowest BCUT2D eigenvalue weighted by Crippen LogP contribution is -1.94. The molecule has 6 heterocycles. The van der Waals surface area contributed by atoms with Gasteiger partial charge in [0.1, 0.15) is 0 Å². The summed E-state index contributed by atoms with van der Waals surface area (Å²) in [5, 5.41) is 16.1. The highest BCUT2D eigenvalue weighted by atomic mass is 32.1. The van der Waals surface area contributed by atoms with Crippen LogP contribution in [0.15, 0.2) is 419 Å². The molecule has 0 unspecified atom stereocenters. The fourth-order valence-corrected chi connectivity index (χ4v) is 17.4. The van der Waals surface area contributed by atoms with Crippen LogP contribution in [0, 0.1) is 41.5 Å². The van der Waals surface area contributed by atoms with Gasteiger partial charge in [0, 0.05) is 127 Å². The number of rotatable bonds is 3. The average Bonchev–Trinajstić information content (AvgIpc) is 1.57. The normalized spacial score (nSPS) is 10.9. The van der Waals surface area contributed by atoms with Crippen LogP contribution >= 0.6 is 11.3 Å². The molecule has 6 aromatic heterocycles. The third-order valence-electron chi connectivity index (χ3n) is 21.7. The van der Waals surface area contributed by atoms with Gasteiger partial charge in [-0.1, -0.05) is 326 Å². The molecule has 0 saturated heterocycles. The van der Waals surface area contributed by atoms with Crippen molar-refractivity contribution in [3.05, 3.63) is 452 Å². The Morgan fingerprint density at radius 2 is 0.474 bits per heavy atom. The van der Waals surface area contributed by atoms with Crippen LogP contribution in [0.4, 0.5) is 0 Å². The van der Waals surface area contributed by atoms with E-state index in [1.807, 2.05) is 47.7 Å². The zero-order valence-corrected chi connectivity index (χ0v) is 67.8. The van der Waals surface area contributed by atoms with Gasteiger partial charge in [0.25, 0.3) is 0 Å². The summed E-state index contributed by atoms with van der Waals surface area (Å²) in [4.78, 5) is 0. The third-order valence-corrected chi connectivity index (χ3v) is 22.9. The summed E-state index contributed by atoms with van der Waals surface area (Å²) in [6.07, 6.45) is 0. The van der Waals surface area contributed by atoms with E-state index >= 15 is 0 Å². The van der Waals surface area contributed by atoms with Crippen LogP contribution in [0.5, 0.6) is 0 Å². The smallest absolute Gasteiger partial charge is 0.0570 e. The zero-order chi connectivity index (χ0) is 79.4. The molecule has 0 spiro atoms. The van der Waals surface area contributed by atoms with Gasteiger partial charge in [-0.25, -0.2) is 0 Å². The Bertz CT molecular complexity index is 7000. The van der Waals surface area contributed by atoms with Gasteiger partial charge in [-0.2, -0.15) is 0 Å². The van der Waals surface area contributed by atoms with Gasteiger partial charge in [0.15, 0.2) is 0 Å². The molecule has 0 bridgehead atoms. The molecule has 0 aliphatic carbocycles. The fraction of sp³-hybridized carbons (Fsp3) is 0.0727. The number of thiophene rings is 1. The van der Waals surface area contributed by atoms with Gasteiger partial charge in [-0.05, 0) is 167 Å². The van der Waals surface area contributed by atoms with Crippen molar-refractivity contribution in [2.45, 2.75) is 41.5 Å². The summed E-state index contributed by atoms with van der Waals surface area (Å²) >= 11 is 1.88. The lowest BCUT2D eigenvalue weighted by atomic mass is 10.1. The monoisotopic (exact) mass is 1520 g/mol. The van der Waals surface area contributed by atoms with Crippen molar-refractivity contribution in [2.24, 2.45) is 14.1 Å². The van der Waals surface area contributed by atoms with Gasteiger partial charge in [0.05, 0.1) is 33.1 Å². The van der Waals surface area contributed by atoms with Crippen molar-refractivity contribution in [3.8, 4) is 17.1 Å². The molecule has 23 rings (SSSR count). The first-order valence-corrected chi connectivity index (χ1v) is 40.7. The molecule has 116 heavy (non-hydrogen) atoms. The van der Waals surface area contributed by atoms with Crippen molar-refractivity contribution in [3.63, 3.8) is 0 Å². The molecular formula is C110H93N5S. The molecule has 23 aromatic rings. The molecule has 17 aromatic carbocycles. The van der Waals surface area contributed by atoms with Gasteiger partial charge in [-0.15, -0.1) is 11.3 Å². The molecular weight excluding hydrogens is 1420 g/mol. The molecule has 0 saturated carbocycles. The first-order valence-electron chi connectivity index (χ1n) is 39.8. The van der Waals surface area contributed by atoms with E-state index in [1.54, 1.807) is 0 Å². The highest BCUT2D eigenvalue weighted by Gasteiger charge is 2.16. The summed E-state index contributed by atoms with van der Waals surface area (Å²) in [6, 6.07) is 147. The van der Waals surface area contributed by atoms with E-state index in [9.17, 15) is 0 Å². The second kappa shape index (κ2) is 34.9. The SMILES string of the molecule is Cc1ccc2c(c1)c1ccccc1n2-c1ccccc1.Cc1ccc2c3ccccc3n(-c3ccccc3)c2c1.Cc1cccc2c3ccccc3n(-c3ccccc3)c12.Cc1cccc2sc3ccccc3c12.Cc1ccccc1.Cc1ccccc1.Cn1c2ccccc2c2ccccc21.Cn1c2ccccc2c2ccccc21. The minimum Gasteiger partial charge on any atom is -0.344 e. The number of nitrogens with zero attached hydrogens (tertiary/aromatic N) is 5. The number of aromatic nitrogens is 5. The van der Waals surface area contributed by atoms with Gasteiger partial charge >= 0.3 is 0 Å². The Labute approximate surface area is 683 Å². The summed E-state index contributed by atoms with van der Waals surface area (Å²) in [5.41, 5.74) is 24.4. The highest BCUT2D eigenvalue weighted by molar-refractivity contribution is 7.25. The topological polar surface area (TPSA) is 24.6 Å². The number of hydrogen-bond acceptors (Lipinski definition) is 1. The van der Waals surface area contributed by atoms with Crippen LogP contribution in [0.3, 0.4) is 0 Å². The highest BCUT2D eigenvalue weighted by Crippen LogP contribution is 2.39. The van der Waals surface area contributed by atoms with Crippen LogP contribution < -0.4 is 0 Å². The minimum absolute atomic E-state index is 1.21. The largest absolute Gasteiger partial charge is 0.344 e. The predicted molar refractivity (Wildman–Crippen MR) is 504 cm³/mol. The second-order valence-electron chi connectivity index (χ2n) is 29.6. The summed E-state index contributed by atoms with van der Waals surface area (Å²) in [7, 11) is 4.23. The molecule has 6 heteroatoms. The molecule has 5 nitrogen and oxygen atoms in total. The Balaban J connectivity index is 0.000000102. The van der Waals surface area contributed by atoms with Crippen LogP contribution in [0.2, 0.25) is 0 Å². The molecule has 0 radical (unpaired) electrons. The molecule has 0 fully saturated rings.